The van der Waals surface area contributed by atoms with Crippen LogP contribution in [0.5, 0.6) is 11.5 Å². The first-order valence-electron chi connectivity index (χ1n) is 11.5. The summed E-state index contributed by atoms with van der Waals surface area (Å²) in [5.74, 6) is 1.61. The zero-order valence-electron chi connectivity index (χ0n) is 19.9. The van der Waals surface area contributed by atoms with E-state index in [2.05, 4.69) is 40.8 Å². The lowest BCUT2D eigenvalue weighted by Crippen LogP contribution is -2.29. The van der Waals surface area contributed by atoms with Crippen molar-refractivity contribution in [3.8, 4) is 22.8 Å². The van der Waals surface area contributed by atoms with Gasteiger partial charge in [-0.2, -0.15) is 0 Å². The minimum absolute atomic E-state index is 0.0576. The van der Waals surface area contributed by atoms with Crippen molar-refractivity contribution in [2.75, 3.05) is 19.4 Å². The molecule has 1 amide bonds. The number of carbonyl (C=O) groups excluding carboxylic acids is 1. The smallest absolute Gasteiger partial charge is 0.326 e. The van der Waals surface area contributed by atoms with Gasteiger partial charge in [0.05, 0.1) is 12.3 Å². The number of nitrogens with one attached hydrogen (secondary N) is 1. The normalized spacial score (nSPS) is 11.6. The largest absolute Gasteiger partial charge is 0.494 e. The fraction of sp³-hybridized carbons (Fsp3) is 0.214. The van der Waals surface area contributed by atoms with Crippen LogP contribution in [0.4, 0.5) is 4.79 Å². The molecule has 35 heavy (non-hydrogen) atoms. The number of amides is 1. The molecule has 7 heteroatoms. The molecule has 1 atom stereocenters. The van der Waals surface area contributed by atoms with Crippen molar-refractivity contribution >= 4 is 17.8 Å². The van der Waals surface area contributed by atoms with Gasteiger partial charge in [0.15, 0.2) is 0 Å². The van der Waals surface area contributed by atoms with Gasteiger partial charge in [0, 0.05) is 23.2 Å². The Morgan fingerprint density at radius 2 is 1.74 bits per heavy atom. The summed E-state index contributed by atoms with van der Waals surface area (Å²) in [6, 6.07) is 25.6. The fourth-order valence-corrected chi connectivity index (χ4v) is 3.91. The molecule has 3 aromatic carbocycles. The molecule has 6 nitrogen and oxygen atoms in total. The number of hydrogen-bond donors (Lipinski definition) is 1. The topological polar surface area (TPSA) is 65.4 Å². The molecule has 1 N–H and O–H groups in total. The van der Waals surface area contributed by atoms with Gasteiger partial charge >= 0.3 is 6.03 Å². The van der Waals surface area contributed by atoms with Crippen molar-refractivity contribution in [2.45, 2.75) is 24.3 Å². The van der Waals surface area contributed by atoms with Crippen molar-refractivity contribution < 1.29 is 14.3 Å². The number of thioether (sulfide) groups is 1. The molecular weight excluding hydrogens is 458 g/mol. The lowest BCUT2D eigenvalue weighted by Gasteiger charge is -2.15. The molecule has 0 aliphatic rings. The van der Waals surface area contributed by atoms with E-state index in [1.807, 2.05) is 61.5 Å². The maximum atomic E-state index is 12.4. The average molecular weight is 488 g/mol. The van der Waals surface area contributed by atoms with Gasteiger partial charge in [-0.05, 0) is 73.7 Å². The van der Waals surface area contributed by atoms with E-state index in [1.165, 1.54) is 15.8 Å². The molecule has 180 valence electrons. The van der Waals surface area contributed by atoms with Crippen molar-refractivity contribution in [2.24, 2.45) is 0 Å². The van der Waals surface area contributed by atoms with Crippen LogP contribution in [0.25, 0.3) is 11.3 Å². The maximum absolute atomic E-state index is 12.4. The number of para-hydroxylation sites is 1. The Labute approximate surface area is 210 Å². The molecule has 0 aliphatic heterocycles. The summed E-state index contributed by atoms with van der Waals surface area (Å²) in [6.45, 7) is 3.09. The summed E-state index contributed by atoms with van der Waals surface area (Å²) in [7, 11) is 0. The van der Waals surface area contributed by atoms with E-state index < -0.39 is 0 Å². The number of nitrogens with zero attached hydrogens (tertiary/aromatic N) is 2. The van der Waals surface area contributed by atoms with Crippen LogP contribution in [0.2, 0.25) is 0 Å². The van der Waals surface area contributed by atoms with Crippen LogP contribution < -0.4 is 14.8 Å². The molecule has 1 heterocycles. The molecule has 1 aromatic heterocycles. The highest BCUT2D eigenvalue weighted by molar-refractivity contribution is 7.98. The number of imidazole rings is 1. The van der Waals surface area contributed by atoms with Crippen molar-refractivity contribution in [1.82, 2.24) is 14.9 Å². The summed E-state index contributed by atoms with van der Waals surface area (Å²) >= 11 is 1.72. The highest BCUT2D eigenvalue weighted by Gasteiger charge is 2.10. The van der Waals surface area contributed by atoms with Crippen LogP contribution >= 0.6 is 11.8 Å². The van der Waals surface area contributed by atoms with Crippen LogP contribution in [0.3, 0.4) is 0 Å². The summed E-state index contributed by atoms with van der Waals surface area (Å²) in [5, 5.41) is 2.89. The SMILES string of the molecule is CSc1ccc(C(C)Oc2ccc(-c3cn(C(=O)NCCCOc4ccccc4)cn3)cc2)cc1. The Hall–Kier alpha value is -3.71. The molecule has 0 bridgehead atoms. The Kier molecular flexibility index (Phi) is 8.46. The van der Waals surface area contributed by atoms with Gasteiger partial charge in [-0.25, -0.2) is 9.78 Å². The molecule has 4 rings (SSSR count). The quantitative estimate of drug-likeness (QED) is 0.206. The van der Waals surface area contributed by atoms with Gasteiger partial charge in [0.2, 0.25) is 0 Å². The van der Waals surface area contributed by atoms with E-state index in [-0.39, 0.29) is 12.1 Å². The Balaban J connectivity index is 1.25. The molecule has 0 saturated heterocycles. The zero-order valence-corrected chi connectivity index (χ0v) is 20.7. The zero-order chi connectivity index (χ0) is 24.5. The van der Waals surface area contributed by atoms with Gasteiger partial charge in [-0.15, -0.1) is 11.8 Å². The first-order chi connectivity index (χ1) is 17.1. The summed E-state index contributed by atoms with van der Waals surface area (Å²) < 4.78 is 13.2. The van der Waals surface area contributed by atoms with Crippen molar-refractivity contribution in [1.29, 1.82) is 0 Å². The van der Waals surface area contributed by atoms with E-state index in [0.29, 0.717) is 19.6 Å². The number of aromatic nitrogens is 2. The lowest BCUT2D eigenvalue weighted by molar-refractivity contribution is 0.227. The van der Waals surface area contributed by atoms with Crippen LogP contribution in [0.1, 0.15) is 25.0 Å². The average Bonchev–Trinajstić information content (AvgIpc) is 3.40. The second-order valence-electron chi connectivity index (χ2n) is 7.97. The first-order valence-corrected chi connectivity index (χ1v) is 12.8. The molecule has 0 saturated carbocycles. The molecule has 4 aromatic rings. The first kappa shape index (κ1) is 24.4. The lowest BCUT2D eigenvalue weighted by atomic mass is 10.1. The van der Waals surface area contributed by atoms with Gasteiger partial charge in [0.25, 0.3) is 0 Å². The predicted molar refractivity (Wildman–Crippen MR) is 140 cm³/mol. The van der Waals surface area contributed by atoms with Crippen molar-refractivity contribution in [3.05, 3.63) is 97.0 Å². The van der Waals surface area contributed by atoms with Crippen LogP contribution in [0, 0.1) is 0 Å². The fourth-order valence-electron chi connectivity index (χ4n) is 3.50. The number of rotatable bonds is 10. The third kappa shape index (κ3) is 6.90. The number of hydrogen-bond acceptors (Lipinski definition) is 5. The van der Waals surface area contributed by atoms with E-state index in [1.54, 1.807) is 18.0 Å². The van der Waals surface area contributed by atoms with E-state index in [4.69, 9.17) is 9.47 Å². The standard InChI is InChI=1S/C28H29N3O3S/c1-21(22-11-15-26(35-2)16-12-22)34-25-13-9-23(10-14-25)27-19-31(20-30-27)28(32)29-17-6-18-33-24-7-4-3-5-8-24/h3-5,7-16,19-21H,6,17-18H2,1-2H3,(H,29,32). The molecule has 0 aliphatic carbocycles. The second kappa shape index (κ2) is 12.1. The molecule has 0 radical (unpaired) electrons. The third-order valence-electron chi connectivity index (χ3n) is 5.47. The molecule has 1 unspecified atom stereocenters. The Morgan fingerprint density at radius 1 is 1.00 bits per heavy atom. The van der Waals surface area contributed by atoms with Gasteiger partial charge in [-0.3, -0.25) is 4.57 Å². The molecule has 0 spiro atoms. The van der Waals surface area contributed by atoms with Gasteiger partial charge in [0.1, 0.15) is 23.9 Å². The number of benzene rings is 3. The minimum atomic E-state index is -0.218. The Morgan fingerprint density at radius 3 is 2.46 bits per heavy atom. The molecule has 0 fully saturated rings. The minimum Gasteiger partial charge on any atom is -0.494 e. The predicted octanol–water partition coefficient (Wildman–Crippen LogP) is 6.44. The van der Waals surface area contributed by atoms with Crippen LogP contribution in [0.15, 0.2) is 96.3 Å². The highest BCUT2D eigenvalue weighted by atomic mass is 32.2. The monoisotopic (exact) mass is 487 g/mol. The summed E-state index contributed by atoms with van der Waals surface area (Å²) in [4.78, 5) is 18.0. The second-order valence-corrected chi connectivity index (χ2v) is 8.85. The van der Waals surface area contributed by atoms with Crippen LogP contribution in [-0.4, -0.2) is 35.0 Å². The molecular formula is C28H29N3O3S. The highest BCUT2D eigenvalue weighted by Crippen LogP contribution is 2.26. The van der Waals surface area contributed by atoms with Gasteiger partial charge in [-0.1, -0.05) is 30.3 Å². The van der Waals surface area contributed by atoms with Crippen molar-refractivity contribution in [3.63, 3.8) is 0 Å². The number of carbonyl (C=O) groups is 1. The Bertz CT molecular complexity index is 1210. The van der Waals surface area contributed by atoms with E-state index >= 15 is 0 Å². The summed E-state index contributed by atoms with van der Waals surface area (Å²) in [6.07, 6.45) is 5.97. The third-order valence-corrected chi connectivity index (χ3v) is 6.22. The number of ether oxygens (including phenoxy) is 2. The van der Waals surface area contributed by atoms with Crippen LogP contribution in [-0.2, 0) is 0 Å². The maximum Gasteiger partial charge on any atom is 0.326 e. The summed E-state index contributed by atoms with van der Waals surface area (Å²) in [5.41, 5.74) is 2.76. The van der Waals surface area contributed by atoms with E-state index in [0.717, 1.165) is 28.3 Å². The van der Waals surface area contributed by atoms with E-state index in [9.17, 15) is 4.79 Å². The van der Waals surface area contributed by atoms with Gasteiger partial charge < -0.3 is 14.8 Å².